The van der Waals surface area contributed by atoms with Crippen molar-refractivity contribution in [2.75, 3.05) is 24.5 Å². The second-order valence-corrected chi connectivity index (χ2v) is 7.91. The quantitative estimate of drug-likeness (QED) is 0.623. The van der Waals surface area contributed by atoms with Crippen molar-refractivity contribution < 1.29 is 27.8 Å². The second kappa shape index (κ2) is 7.21. The van der Waals surface area contributed by atoms with Gasteiger partial charge in [0.2, 0.25) is 0 Å². The summed E-state index contributed by atoms with van der Waals surface area (Å²) in [6, 6.07) is 6.18. The fourth-order valence-electron chi connectivity index (χ4n) is 4.20. The summed E-state index contributed by atoms with van der Waals surface area (Å²) in [5, 5.41) is 22.1. The fourth-order valence-corrected chi connectivity index (χ4v) is 4.20. The molecule has 1 amide bonds. The topological polar surface area (TPSA) is 100 Å². The van der Waals surface area contributed by atoms with Crippen LogP contribution in [0.2, 0.25) is 0 Å². The van der Waals surface area contributed by atoms with Gasteiger partial charge in [-0.2, -0.15) is 13.2 Å². The smallest absolute Gasteiger partial charge is 0.416 e. The number of pyridine rings is 1. The van der Waals surface area contributed by atoms with Crippen LogP contribution >= 0.6 is 0 Å². The summed E-state index contributed by atoms with van der Waals surface area (Å²) in [5.74, 6) is -0.00891. The highest BCUT2D eigenvalue weighted by atomic mass is 19.4. The van der Waals surface area contributed by atoms with Crippen molar-refractivity contribution in [3.05, 3.63) is 42.1 Å². The van der Waals surface area contributed by atoms with E-state index in [1.54, 1.807) is 18.3 Å². The van der Waals surface area contributed by atoms with E-state index < -0.39 is 29.2 Å². The van der Waals surface area contributed by atoms with Gasteiger partial charge >= 0.3 is 12.3 Å². The number of hydrogen-bond donors (Lipinski definition) is 2. The van der Waals surface area contributed by atoms with Gasteiger partial charge in [0.15, 0.2) is 5.82 Å². The van der Waals surface area contributed by atoms with Crippen LogP contribution in [0, 0.1) is 0 Å². The Balaban J connectivity index is 1.50. The van der Waals surface area contributed by atoms with Crippen LogP contribution in [0.25, 0.3) is 22.2 Å². The molecule has 0 aliphatic carbocycles. The van der Waals surface area contributed by atoms with Gasteiger partial charge in [-0.25, -0.2) is 4.79 Å². The number of piperidine rings is 1. The van der Waals surface area contributed by atoms with Gasteiger partial charge < -0.3 is 20.1 Å². The molecule has 32 heavy (non-hydrogen) atoms. The summed E-state index contributed by atoms with van der Waals surface area (Å²) < 4.78 is 44.3. The molecule has 2 aromatic heterocycles. The van der Waals surface area contributed by atoms with Gasteiger partial charge in [-0.15, -0.1) is 10.2 Å². The van der Waals surface area contributed by atoms with E-state index in [1.165, 1.54) is 6.07 Å². The van der Waals surface area contributed by atoms with E-state index in [2.05, 4.69) is 20.5 Å². The van der Waals surface area contributed by atoms with Crippen molar-refractivity contribution in [1.82, 2.24) is 20.5 Å². The summed E-state index contributed by atoms with van der Waals surface area (Å²) in [5.41, 5.74) is -0.567. The van der Waals surface area contributed by atoms with Crippen LogP contribution in [0.1, 0.15) is 18.4 Å². The molecule has 0 unspecified atom stereocenters. The number of halogens is 3. The van der Waals surface area contributed by atoms with Crippen molar-refractivity contribution in [1.29, 1.82) is 0 Å². The molecule has 4 heterocycles. The minimum atomic E-state index is -4.57. The third kappa shape index (κ3) is 3.43. The summed E-state index contributed by atoms with van der Waals surface area (Å²) in [6.07, 6.45) is -2.15. The molecule has 0 radical (unpaired) electrons. The summed E-state index contributed by atoms with van der Waals surface area (Å²) in [7, 11) is 0. The SMILES string of the molecule is O=C1NCC2(CCN(c3nnc(-c4ccc(C(F)(F)F)cc4O)c4cccnc34)CC2)O1. The predicted octanol–water partition coefficient (Wildman–Crippen LogP) is 3.50. The van der Waals surface area contributed by atoms with Gasteiger partial charge in [0.1, 0.15) is 22.6 Å². The van der Waals surface area contributed by atoms with Gasteiger partial charge in [0.25, 0.3) is 0 Å². The first-order valence-electron chi connectivity index (χ1n) is 10.00. The zero-order valence-electron chi connectivity index (χ0n) is 16.7. The number of alkyl halides is 3. The van der Waals surface area contributed by atoms with Gasteiger partial charge in [-0.05, 0) is 30.3 Å². The lowest BCUT2D eigenvalue weighted by Crippen LogP contribution is -2.47. The molecule has 0 atom stereocenters. The summed E-state index contributed by atoms with van der Waals surface area (Å²) in [6.45, 7) is 1.61. The minimum absolute atomic E-state index is 0.136. The lowest BCUT2D eigenvalue weighted by Gasteiger charge is -2.37. The molecular weight excluding hydrogens is 427 g/mol. The molecule has 2 aliphatic heterocycles. The predicted molar refractivity (Wildman–Crippen MR) is 108 cm³/mol. The standard InChI is InChI=1S/C21H18F3N5O3/c22-21(23,24)12-3-4-13(15(30)10-12)16-14-2-1-7-25-17(14)18(28-27-16)29-8-5-20(6-9-29)11-26-19(31)32-20/h1-4,7,10,30H,5-6,8-9,11H2,(H,26,31). The van der Waals surface area contributed by atoms with E-state index in [1.807, 2.05) is 4.90 Å². The monoisotopic (exact) mass is 445 g/mol. The first-order chi connectivity index (χ1) is 15.3. The van der Waals surface area contributed by atoms with Gasteiger partial charge in [-0.1, -0.05) is 0 Å². The number of rotatable bonds is 2. The van der Waals surface area contributed by atoms with E-state index in [4.69, 9.17) is 4.74 Å². The Morgan fingerprint density at radius 2 is 1.94 bits per heavy atom. The molecule has 3 aromatic rings. The molecule has 166 valence electrons. The number of aromatic nitrogens is 3. The van der Waals surface area contributed by atoms with E-state index in [-0.39, 0.29) is 11.3 Å². The Bertz CT molecular complexity index is 1210. The van der Waals surface area contributed by atoms with E-state index in [0.29, 0.717) is 55.3 Å². The van der Waals surface area contributed by atoms with Crippen molar-refractivity contribution in [3.63, 3.8) is 0 Å². The lowest BCUT2D eigenvalue weighted by atomic mass is 9.91. The number of ether oxygens (including phenoxy) is 1. The number of hydrogen-bond acceptors (Lipinski definition) is 7. The van der Waals surface area contributed by atoms with Crippen LogP contribution in [0.3, 0.4) is 0 Å². The minimum Gasteiger partial charge on any atom is -0.507 e. The average Bonchev–Trinajstić information content (AvgIpc) is 3.13. The van der Waals surface area contributed by atoms with Gasteiger partial charge in [-0.3, -0.25) is 4.98 Å². The molecule has 5 rings (SSSR count). The van der Waals surface area contributed by atoms with E-state index >= 15 is 0 Å². The number of nitrogens with one attached hydrogen (secondary N) is 1. The zero-order chi connectivity index (χ0) is 22.5. The Kier molecular flexibility index (Phi) is 4.57. The highest BCUT2D eigenvalue weighted by Crippen LogP contribution is 2.39. The number of anilines is 1. The van der Waals surface area contributed by atoms with Crippen molar-refractivity contribution in [3.8, 4) is 17.0 Å². The van der Waals surface area contributed by atoms with Crippen molar-refractivity contribution in [2.45, 2.75) is 24.6 Å². The fraction of sp³-hybridized carbons (Fsp3) is 0.333. The molecule has 0 bridgehead atoms. The van der Waals surface area contributed by atoms with Gasteiger partial charge in [0, 0.05) is 43.1 Å². The Hall–Kier alpha value is -3.63. The Labute approximate surface area is 180 Å². The number of fused-ring (bicyclic) bond motifs is 1. The number of alkyl carbamates (subject to hydrolysis) is 1. The molecule has 11 heteroatoms. The second-order valence-electron chi connectivity index (χ2n) is 7.91. The largest absolute Gasteiger partial charge is 0.507 e. The molecular formula is C21H18F3N5O3. The highest BCUT2D eigenvalue weighted by Gasteiger charge is 2.43. The number of nitrogens with zero attached hydrogens (tertiary/aromatic N) is 4. The average molecular weight is 445 g/mol. The van der Waals surface area contributed by atoms with Crippen LogP contribution in [0.15, 0.2) is 36.5 Å². The normalized spacial score (nSPS) is 18.1. The summed E-state index contributed by atoms with van der Waals surface area (Å²) >= 11 is 0. The van der Waals surface area contributed by atoms with Gasteiger partial charge in [0.05, 0.1) is 12.1 Å². The molecule has 2 aliphatic rings. The number of aromatic hydroxyl groups is 1. The third-order valence-electron chi connectivity index (χ3n) is 5.94. The first kappa shape index (κ1) is 20.3. The number of amides is 1. The van der Waals surface area contributed by atoms with Crippen molar-refractivity contribution >= 4 is 22.8 Å². The van der Waals surface area contributed by atoms with E-state index in [0.717, 1.165) is 6.07 Å². The van der Waals surface area contributed by atoms with E-state index in [9.17, 15) is 23.1 Å². The first-order valence-corrected chi connectivity index (χ1v) is 10.00. The Morgan fingerprint density at radius 1 is 1.16 bits per heavy atom. The molecule has 8 nitrogen and oxygen atoms in total. The van der Waals surface area contributed by atoms with Crippen LogP contribution in [0.5, 0.6) is 5.75 Å². The number of benzene rings is 1. The molecule has 1 aromatic carbocycles. The van der Waals surface area contributed by atoms with Crippen molar-refractivity contribution in [2.24, 2.45) is 0 Å². The Morgan fingerprint density at radius 3 is 2.59 bits per heavy atom. The van der Waals surface area contributed by atoms with Crippen LogP contribution < -0.4 is 10.2 Å². The maximum Gasteiger partial charge on any atom is 0.416 e. The highest BCUT2D eigenvalue weighted by molar-refractivity contribution is 5.98. The van der Waals surface area contributed by atoms with Crippen LogP contribution in [-0.2, 0) is 10.9 Å². The molecule has 2 N–H and O–H groups in total. The molecule has 0 saturated carbocycles. The number of phenols is 1. The maximum absolute atomic E-state index is 13.0. The zero-order valence-corrected chi connectivity index (χ0v) is 16.7. The molecule has 1 spiro atoms. The van der Waals surface area contributed by atoms with Crippen LogP contribution in [-0.4, -0.2) is 51.6 Å². The number of phenolic OH excluding ortho intramolecular Hbond substituents is 1. The molecule has 2 fully saturated rings. The lowest BCUT2D eigenvalue weighted by molar-refractivity contribution is -0.137. The van der Waals surface area contributed by atoms with Crippen LogP contribution in [0.4, 0.5) is 23.8 Å². The summed E-state index contributed by atoms with van der Waals surface area (Å²) in [4.78, 5) is 17.9. The number of carbonyl (C=O) groups is 1. The molecule has 2 saturated heterocycles. The third-order valence-corrected chi connectivity index (χ3v) is 5.94. The maximum atomic E-state index is 13.0. The number of carbonyl (C=O) groups excluding carboxylic acids is 1.